The van der Waals surface area contributed by atoms with Crippen LogP contribution in [0, 0.1) is 0 Å². The summed E-state index contributed by atoms with van der Waals surface area (Å²) in [5.41, 5.74) is 23.9. The van der Waals surface area contributed by atoms with Crippen molar-refractivity contribution in [3.8, 4) is 55.6 Å². The highest BCUT2D eigenvalue weighted by atomic mass is 32.1. The van der Waals surface area contributed by atoms with Gasteiger partial charge >= 0.3 is 0 Å². The van der Waals surface area contributed by atoms with E-state index in [-0.39, 0.29) is 5.41 Å². The average molecular weight is 858 g/mol. The third-order valence-corrected chi connectivity index (χ3v) is 16.3. The van der Waals surface area contributed by atoms with Crippen molar-refractivity contribution in [1.29, 1.82) is 0 Å². The van der Waals surface area contributed by atoms with Gasteiger partial charge in [-0.15, -0.1) is 11.3 Å². The summed E-state index contributed by atoms with van der Waals surface area (Å²) in [4.78, 5) is 2.46. The van der Waals surface area contributed by atoms with Crippen LogP contribution in [-0.2, 0) is 10.8 Å². The smallest absolute Gasteiger partial charge is 0.0726 e. The molecule has 3 aliphatic rings. The molecule has 1 atom stereocenters. The molecule has 1 heterocycles. The fourth-order valence-electron chi connectivity index (χ4n) is 12.3. The molecule has 10 aromatic carbocycles. The minimum Gasteiger partial charge on any atom is -0.310 e. The summed E-state index contributed by atoms with van der Waals surface area (Å²) < 4.78 is 2.72. The Kier molecular flexibility index (Phi) is 7.89. The molecule has 0 saturated carbocycles. The minimum atomic E-state index is -0.433. The number of benzene rings is 10. The van der Waals surface area contributed by atoms with E-state index in [2.05, 4.69) is 243 Å². The van der Waals surface area contributed by atoms with Gasteiger partial charge in [-0.05, 0) is 114 Å². The molecule has 66 heavy (non-hydrogen) atoms. The molecule has 11 aromatic rings. The summed E-state index contributed by atoms with van der Waals surface area (Å²) in [5.74, 6) is 0. The number of fused-ring (bicyclic) bond motifs is 17. The highest BCUT2D eigenvalue weighted by molar-refractivity contribution is 7.26. The maximum Gasteiger partial charge on any atom is 0.0726 e. The van der Waals surface area contributed by atoms with E-state index in [9.17, 15) is 0 Å². The monoisotopic (exact) mass is 857 g/mol. The predicted octanol–water partition coefficient (Wildman–Crippen LogP) is 17.5. The second kappa shape index (κ2) is 13.9. The highest BCUT2D eigenvalue weighted by Crippen LogP contribution is 2.65. The maximum atomic E-state index is 2.46. The molecule has 1 unspecified atom stereocenters. The summed E-state index contributed by atoms with van der Waals surface area (Å²) in [5, 5.41) is 2.68. The molecule has 3 aliphatic carbocycles. The van der Waals surface area contributed by atoms with Crippen molar-refractivity contribution in [2.45, 2.75) is 24.7 Å². The van der Waals surface area contributed by atoms with Gasteiger partial charge in [-0.1, -0.05) is 202 Å². The van der Waals surface area contributed by atoms with Gasteiger partial charge in [0.25, 0.3) is 0 Å². The van der Waals surface area contributed by atoms with Gasteiger partial charge in [0.15, 0.2) is 0 Å². The Balaban J connectivity index is 0.951. The second-order valence-electron chi connectivity index (χ2n) is 18.7. The van der Waals surface area contributed by atoms with E-state index in [1.807, 2.05) is 11.3 Å². The van der Waals surface area contributed by atoms with Gasteiger partial charge in [0.2, 0.25) is 0 Å². The molecule has 310 valence electrons. The number of thiophene rings is 1. The fraction of sp³-hybridized carbons (Fsp3) is 0.0625. The lowest BCUT2D eigenvalue weighted by Crippen LogP contribution is -2.25. The minimum absolute atomic E-state index is 0.123. The topological polar surface area (TPSA) is 3.24 Å². The van der Waals surface area contributed by atoms with E-state index in [4.69, 9.17) is 0 Å². The van der Waals surface area contributed by atoms with Crippen molar-refractivity contribution in [3.63, 3.8) is 0 Å². The molecular formula is C64H43NS. The van der Waals surface area contributed by atoms with Gasteiger partial charge in [0, 0.05) is 48.1 Å². The summed E-state index contributed by atoms with van der Waals surface area (Å²) in [6, 6.07) is 84.2. The van der Waals surface area contributed by atoms with Crippen LogP contribution < -0.4 is 4.90 Å². The zero-order valence-corrected chi connectivity index (χ0v) is 37.5. The molecule has 14 rings (SSSR count). The van der Waals surface area contributed by atoms with Crippen molar-refractivity contribution < 1.29 is 0 Å². The molecule has 0 aliphatic heterocycles. The summed E-state index contributed by atoms with van der Waals surface area (Å²) in [6.07, 6.45) is 0. The molecule has 1 spiro atoms. The van der Waals surface area contributed by atoms with E-state index >= 15 is 0 Å². The van der Waals surface area contributed by atoms with Crippen LogP contribution in [0.5, 0.6) is 0 Å². The lowest BCUT2D eigenvalue weighted by atomic mass is 9.70. The number of para-hydroxylation sites is 1. The molecule has 0 fully saturated rings. The van der Waals surface area contributed by atoms with Gasteiger partial charge in [-0.2, -0.15) is 0 Å². The molecule has 2 heteroatoms. The van der Waals surface area contributed by atoms with Crippen LogP contribution >= 0.6 is 11.3 Å². The zero-order valence-electron chi connectivity index (χ0n) is 36.7. The van der Waals surface area contributed by atoms with Crippen LogP contribution in [0.15, 0.2) is 224 Å². The zero-order chi connectivity index (χ0) is 43.7. The van der Waals surface area contributed by atoms with Crippen LogP contribution in [-0.4, -0.2) is 0 Å². The SMILES string of the molecule is CC1(C)c2ccccc2-c2ccc(N(c3ccc(-c4cccc5c4-c4ccccc4C54c5ccccc5-c5c4ccc4c5sc5ccccc54)cc3)c3ccccc3-c3ccccc3)cc21. The average Bonchev–Trinajstić information content (AvgIpc) is 4.07. The van der Waals surface area contributed by atoms with Crippen LogP contribution in [0.3, 0.4) is 0 Å². The fourth-order valence-corrected chi connectivity index (χ4v) is 13.5. The molecule has 0 amide bonds. The van der Waals surface area contributed by atoms with Crippen LogP contribution in [0.4, 0.5) is 17.1 Å². The molecule has 0 N–H and O–H groups in total. The lowest BCUT2D eigenvalue weighted by Gasteiger charge is -2.30. The molecule has 1 nitrogen and oxygen atoms in total. The normalized spacial score (nSPS) is 15.6. The van der Waals surface area contributed by atoms with E-state index in [0.29, 0.717) is 0 Å². The van der Waals surface area contributed by atoms with Crippen LogP contribution in [0.25, 0.3) is 75.8 Å². The molecule has 0 saturated heterocycles. The third-order valence-electron chi connectivity index (χ3n) is 15.1. The van der Waals surface area contributed by atoms with Gasteiger partial charge in [0.1, 0.15) is 0 Å². The molecule has 0 radical (unpaired) electrons. The standard InChI is InChI=1S/C64H43NS/c1-63(2)52-25-11-6-20-46(52)47-36-35-43(39-57(47)63)65(58-29-14-9-19-44(58)40-17-4-3-5-18-40)42-33-31-41(32-34-42)45-24-16-28-55-60(45)50-22-7-12-26-53(50)64(55)54-27-13-8-23-51(54)61-56(64)38-37-49-48-21-10-15-30-59(48)66-62(49)61/h3-39H,1-2H3. The summed E-state index contributed by atoms with van der Waals surface area (Å²) in [7, 11) is 0. The van der Waals surface area contributed by atoms with Gasteiger partial charge < -0.3 is 4.90 Å². The number of rotatable bonds is 5. The van der Waals surface area contributed by atoms with Crippen molar-refractivity contribution in [3.05, 3.63) is 258 Å². The Morgan fingerprint density at radius 2 is 0.909 bits per heavy atom. The van der Waals surface area contributed by atoms with Crippen molar-refractivity contribution in [2.75, 3.05) is 4.90 Å². The Bertz CT molecular complexity index is 3800. The predicted molar refractivity (Wildman–Crippen MR) is 279 cm³/mol. The summed E-state index contributed by atoms with van der Waals surface area (Å²) in [6.45, 7) is 4.73. The number of hydrogen-bond acceptors (Lipinski definition) is 2. The molecule has 1 aromatic heterocycles. The van der Waals surface area contributed by atoms with E-state index < -0.39 is 5.41 Å². The van der Waals surface area contributed by atoms with Gasteiger partial charge in [-0.3, -0.25) is 0 Å². The Hall–Kier alpha value is -7.78. The van der Waals surface area contributed by atoms with Crippen molar-refractivity contribution >= 4 is 48.6 Å². The number of anilines is 3. The third kappa shape index (κ3) is 5.00. The van der Waals surface area contributed by atoms with Crippen LogP contribution in [0.2, 0.25) is 0 Å². The first-order valence-corrected chi connectivity index (χ1v) is 23.9. The van der Waals surface area contributed by atoms with Crippen molar-refractivity contribution in [2.24, 2.45) is 0 Å². The highest BCUT2D eigenvalue weighted by Gasteiger charge is 2.52. The Morgan fingerprint density at radius 1 is 0.348 bits per heavy atom. The van der Waals surface area contributed by atoms with E-state index in [1.54, 1.807) is 0 Å². The van der Waals surface area contributed by atoms with Crippen molar-refractivity contribution in [1.82, 2.24) is 0 Å². The first kappa shape index (κ1) is 37.6. The molecular weight excluding hydrogens is 815 g/mol. The first-order chi connectivity index (χ1) is 32.5. The Labute approximate surface area is 389 Å². The largest absolute Gasteiger partial charge is 0.310 e. The lowest BCUT2D eigenvalue weighted by molar-refractivity contribution is 0.660. The maximum absolute atomic E-state index is 2.46. The Morgan fingerprint density at radius 3 is 1.70 bits per heavy atom. The van der Waals surface area contributed by atoms with Gasteiger partial charge in [0.05, 0.1) is 11.1 Å². The van der Waals surface area contributed by atoms with Gasteiger partial charge in [-0.25, -0.2) is 0 Å². The first-order valence-electron chi connectivity index (χ1n) is 23.1. The van der Waals surface area contributed by atoms with E-state index in [0.717, 1.165) is 17.1 Å². The number of nitrogens with zero attached hydrogens (tertiary/aromatic N) is 1. The van der Waals surface area contributed by atoms with Crippen LogP contribution in [0.1, 0.15) is 47.2 Å². The number of hydrogen-bond donors (Lipinski definition) is 0. The summed E-state index contributed by atoms with van der Waals surface area (Å²) >= 11 is 1.93. The quantitative estimate of drug-likeness (QED) is 0.167. The van der Waals surface area contributed by atoms with E-state index in [1.165, 1.54) is 109 Å². The second-order valence-corrected chi connectivity index (χ2v) is 19.8. The molecule has 0 bridgehead atoms.